The molecule has 0 amide bonds. The summed E-state index contributed by atoms with van der Waals surface area (Å²) in [4.78, 5) is 57.8. The maximum atomic E-state index is 6.24. The second-order valence-electron chi connectivity index (χ2n) is 34.6. The summed E-state index contributed by atoms with van der Waals surface area (Å²) in [5.41, 5.74) is 19.6. The number of hydrogen-bond acceptors (Lipinski definition) is 17. The molecule has 25 rings (SSSR count). The van der Waals surface area contributed by atoms with Crippen LogP contribution in [0.5, 0.6) is 0 Å². The van der Waals surface area contributed by atoms with E-state index in [1.807, 2.05) is 225 Å². The molecule has 139 heavy (non-hydrogen) atoms. The molecule has 24 aromatic rings. The zero-order valence-electron chi connectivity index (χ0n) is 75.9. The molecule has 0 bridgehead atoms. The molecule has 0 spiro atoms. The number of hydrogen-bond donors (Lipinski definition) is 0. The maximum Gasteiger partial charge on any atom is 0.494 e. The topological polar surface area (TPSA) is 173 Å². The number of aromatic nitrogens is 12. The Kier molecular flexibility index (Phi) is 24.7. The molecule has 15 aromatic carbocycles. The smallest absolute Gasteiger partial charge is 0.399 e. The van der Waals surface area contributed by atoms with Gasteiger partial charge in [-0.2, -0.15) is 0 Å². The molecule has 0 saturated carbocycles. The van der Waals surface area contributed by atoms with E-state index < -0.39 is 0 Å². The standard InChI is InChI=1S/2C38H24N4S.C23H22BNO2S.C21H14BrN3/c2*1-3-11-25(12-4-1)36-40-37(26-13-5-2-6-14-26)42-38(41-36)30-18-10-16-28(24-30)27-15-9-17-29(23-27)34-35-32(21-22-39-34)31-19-7-8-20-33(31)43-35;1-22(2)23(3,4)27-24(26-22)16-9-7-8-15(14-16)20-21-18(12-13-25-20)17-10-5-6-11-19(17)28-21;22-18-13-7-12-17(14-18)21-24-19(15-8-3-1-4-9-15)23-20(25-21)16-10-5-2-6-11-16/h2*1-24H;5-14H,1-4H3;1-14H. The van der Waals surface area contributed by atoms with Crippen LogP contribution in [-0.2, 0) is 9.31 Å². The minimum absolute atomic E-state index is 0.350. The number of halogens is 1. The molecule has 0 unspecified atom stereocenters. The van der Waals surface area contributed by atoms with Gasteiger partial charge in [-0.3, -0.25) is 15.0 Å². The molecule has 0 atom stereocenters. The van der Waals surface area contributed by atoms with Gasteiger partial charge >= 0.3 is 7.12 Å². The molecular formula is C120H84BBrN12O2S3. The third-order valence-electron chi connectivity index (χ3n) is 24.9. The lowest BCUT2D eigenvalue weighted by atomic mass is 9.78. The lowest BCUT2D eigenvalue weighted by Crippen LogP contribution is -2.41. The first-order valence-electron chi connectivity index (χ1n) is 45.8. The molecule has 1 saturated heterocycles. The second kappa shape index (κ2) is 38.9. The summed E-state index contributed by atoms with van der Waals surface area (Å²) < 4.78 is 20.9. The van der Waals surface area contributed by atoms with Gasteiger partial charge in [0.25, 0.3) is 0 Å². The molecule has 10 heterocycles. The summed E-state index contributed by atoms with van der Waals surface area (Å²) in [7, 11) is -0.369. The van der Waals surface area contributed by atoms with Gasteiger partial charge in [-0.15, -0.1) is 34.0 Å². The van der Waals surface area contributed by atoms with E-state index in [-0.39, 0.29) is 18.3 Å². The van der Waals surface area contributed by atoms with Gasteiger partial charge in [0.15, 0.2) is 52.4 Å². The van der Waals surface area contributed by atoms with Crippen molar-refractivity contribution in [1.29, 1.82) is 0 Å². The van der Waals surface area contributed by atoms with E-state index in [1.165, 1.54) is 60.5 Å². The fraction of sp³-hybridized carbons (Fsp3) is 0.0500. The normalized spacial score (nSPS) is 12.5. The predicted molar refractivity (Wildman–Crippen MR) is 577 cm³/mol. The molecule has 19 heteroatoms. The highest BCUT2D eigenvalue weighted by Crippen LogP contribution is 2.45. The Hall–Kier alpha value is -16.1. The average molecular weight is 1910 g/mol. The van der Waals surface area contributed by atoms with Crippen molar-refractivity contribution in [1.82, 2.24) is 59.8 Å². The van der Waals surface area contributed by atoms with Crippen LogP contribution in [0.1, 0.15) is 27.7 Å². The van der Waals surface area contributed by atoms with Crippen molar-refractivity contribution in [3.05, 3.63) is 442 Å². The average Bonchev–Trinajstić information content (AvgIpc) is 1.57. The highest BCUT2D eigenvalue weighted by Gasteiger charge is 2.52. The fourth-order valence-electron chi connectivity index (χ4n) is 17.2. The SMILES string of the molecule is Brc1cccc(-c2nc(-c3ccccc3)nc(-c3ccccc3)n2)c1.CC1(C)OB(c2cccc(-c3nccc4c3sc3ccccc34)c2)OC1(C)C.c1ccc(-c2nc(-c3ccccc3)nc(-c3cccc(-c4cccc(-c5nccc6c5sc5ccccc56)c4)c3)n2)cc1.c1ccc(-c2nc(-c3ccccc3)nc(-c3cccc(-c4cccc(-c5nccc6c5sc5ccccc56)c4)c3)n2)cc1. The molecule has 1 fully saturated rings. The van der Waals surface area contributed by atoms with Crippen molar-refractivity contribution in [2.45, 2.75) is 38.9 Å². The van der Waals surface area contributed by atoms with Crippen molar-refractivity contribution >= 4 is 123 Å². The summed E-state index contributed by atoms with van der Waals surface area (Å²) >= 11 is 8.91. The third-order valence-corrected chi connectivity index (χ3v) is 29.0. The van der Waals surface area contributed by atoms with Crippen LogP contribution in [0.4, 0.5) is 0 Å². The van der Waals surface area contributed by atoms with Gasteiger partial charge in [-0.1, -0.05) is 362 Å². The van der Waals surface area contributed by atoms with Crippen LogP contribution in [-0.4, -0.2) is 78.1 Å². The van der Waals surface area contributed by atoms with Crippen LogP contribution >= 0.6 is 49.9 Å². The van der Waals surface area contributed by atoms with Crippen molar-refractivity contribution in [2.75, 3.05) is 0 Å². The summed E-state index contributed by atoms with van der Waals surface area (Å²) in [6.45, 7) is 8.32. The van der Waals surface area contributed by atoms with Gasteiger partial charge < -0.3 is 9.31 Å². The number of thiophene rings is 3. The number of benzene rings is 15. The Morgan fingerprint density at radius 3 is 0.727 bits per heavy atom. The Balaban J connectivity index is 0.000000110. The molecule has 14 nitrogen and oxygen atoms in total. The Labute approximate surface area is 824 Å². The molecule has 1 aliphatic heterocycles. The Morgan fingerprint density at radius 1 is 0.209 bits per heavy atom. The predicted octanol–water partition coefficient (Wildman–Crippen LogP) is 31.0. The van der Waals surface area contributed by atoms with Crippen LogP contribution in [0.2, 0.25) is 0 Å². The molecule has 0 N–H and O–H groups in total. The number of pyridine rings is 3. The van der Waals surface area contributed by atoms with E-state index in [2.05, 4.69) is 261 Å². The lowest BCUT2D eigenvalue weighted by Gasteiger charge is -2.32. The van der Waals surface area contributed by atoms with Crippen molar-refractivity contribution < 1.29 is 9.31 Å². The van der Waals surface area contributed by atoms with E-state index in [0.717, 1.165) is 116 Å². The minimum Gasteiger partial charge on any atom is -0.399 e. The molecular weight excluding hydrogens is 1830 g/mol. The van der Waals surface area contributed by atoms with E-state index >= 15 is 0 Å². The summed E-state index contributed by atoms with van der Waals surface area (Å²) in [6, 6.07) is 143. The van der Waals surface area contributed by atoms with Gasteiger partial charge in [-0.05, 0) is 128 Å². The van der Waals surface area contributed by atoms with E-state index in [1.54, 1.807) is 34.0 Å². The first kappa shape index (κ1) is 88.2. The zero-order valence-corrected chi connectivity index (χ0v) is 80.0. The van der Waals surface area contributed by atoms with Crippen molar-refractivity contribution in [3.63, 3.8) is 0 Å². The summed E-state index contributed by atoms with van der Waals surface area (Å²) in [6.07, 6.45) is 5.73. The van der Waals surface area contributed by atoms with Gasteiger partial charge in [0, 0.05) is 136 Å². The largest absolute Gasteiger partial charge is 0.494 e. The van der Waals surface area contributed by atoms with E-state index in [4.69, 9.17) is 64.1 Å². The maximum absolute atomic E-state index is 6.24. The minimum atomic E-state index is -0.369. The number of fused-ring (bicyclic) bond motifs is 9. The van der Waals surface area contributed by atoms with Crippen molar-refractivity contribution in [3.8, 4) is 159 Å². The van der Waals surface area contributed by atoms with E-state index in [9.17, 15) is 0 Å². The molecule has 0 aliphatic carbocycles. The zero-order chi connectivity index (χ0) is 93.8. The molecule has 9 aromatic heterocycles. The van der Waals surface area contributed by atoms with Crippen molar-refractivity contribution in [2.24, 2.45) is 0 Å². The first-order chi connectivity index (χ1) is 68.2. The monoisotopic (exact) mass is 1910 g/mol. The highest BCUT2D eigenvalue weighted by molar-refractivity contribution is 9.10. The number of nitrogens with zero attached hydrogens (tertiary/aromatic N) is 12. The van der Waals surface area contributed by atoms with Crippen LogP contribution < -0.4 is 5.46 Å². The Bertz CT molecular complexity index is 8130. The fourth-order valence-corrected chi connectivity index (χ4v) is 21.2. The van der Waals surface area contributed by atoms with Gasteiger partial charge in [0.2, 0.25) is 0 Å². The van der Waals surface area contributed by atoms with Crippen LogP contribution in [0.15, 0.2) is 442 Å². The van der Waals surface area contributed by atoms with Gasteiger partial charge in [-0.25, -0.2) is 44.9 Å². The van der Waals surface area contributed by atoms with Gasteiger partial charge in [0.05, 0.1) is 42.4 Å². The lowest BCUT2D eigenvalue weighted by molar-refractivity contribution is 0.00578. The van der Waals surface area contributed by atoms with Gasteiger partial charge in [0.1, 0.15) is 0 Å². The highest BCUT2D eigenvalue weighted by atomic mass is 79.9. The second-order valence-corrected chi connectivity index (χ2v) is 38.6. The number of rotatable bonds is 15. The Morgan fingerprint density at radius 2 is 0.432 bits per heavy atom. The molecule has 1 aliphatic rings. The summed E-state index contributed by atoms with van der Waals surface area (Å²) in [5, 5.41) is 7.58. The van der Waals surface area contributed by atoms with E-state index in [0.29, 0.717) is 52.4 Å². The van der Waals surface area contributed by atoms with Crippen LogP contribution in [0, 0.1) is 0 Å². The van der Waals surface area contributed by atoms with Crippen LogP contribution in [0.25, 0.3) is 219 Å². The molecule has 664 valence electrons. The first-order valence-corrected chi connectivity index (χ1v) is 49.0. The summed E-state index contributed by atoms with van der Waals surface area (Å²) in [5.74, 6) is 5.89. The molecule has 0 radical (unpaired) electrons. The van der Waals surface area contributed by atoms with Crippen LogP contribution in [0.3, 0.4) is 0 Å². The quantitative estimate of drug-likeness (QED) is 0.0887. The third kappa shape index (κ3) is 18.7.